The second-order valence-corrected chi connectivity index (χ2v) is 7.43. The molecule has 1 amide bonds. The summed E-state index contributed by atoms with van der Waals surface area (Å²) in [6, 6.07) is 4.90. The highest BCUT2D eigenvalue weighted by Crippen LogP contribution is 2.37. The number of nitrogens with zero attached hydrogens (tertiary/aromatic N) is 2. The first-order chi connectivity index (χ1) is 13.5. The van der Waals surface area contributed by atoms with Gasteiger partial charge >= 0.3 is 0 Å². The quantitative estimate of drug-likeness (QED) is 0.662. The largest absolute Gasteiger partial charge is 0.454 e. The van der Waals surface area contributed by atoms with Gasteiger partial charge in [-0.25, -0.2) is 4.98 Å². The fraction of sp³-hybridized carbons (Fsp3) is 0.263. The standard InChI is InChI=1S/C19H17N3O5S/c1-3-11-4-13-18(28-11)20-8-22(19(13)25)7-17(24)21-14-6-16-15(26-9-27-16)5-12(14)10(2)23/h4-6,8H,3,7,9H2,1-2H3,(H,21,24). The van der Waals surface area contributed by atoms with Gasteiger partial charge in [-0.3, -0.25) is 19.0 Å². The summed E-state index contributed by atoms with van der Waals surface area (Å²) < 4.78 is 11.8. The highest BCUT2D eigenvalue weighted by Gasteiger charge is 2.20. The minimum atomic E-state index is -0.449. The van der Waals surface area contributed by atoms with Gasteiger partial charge in [0, 0.05) is 16.5 Å². The van der Waals surface area contributed by atoms with Gasteiger partial charge < -0.3 is 14.8 Å². The number of anilines is 1. The monoisotopic (exact) mass is 399 g/mol. The molecule has 28 heavy (non-hydrogen) atoms. The molecule has 1 aromatic carbocycles. The molecule has 0 radical (unpaired) electrons. The van der Waals surface area contributed by atoms with E-state index in [0.29, 0.717) is 33.0 Å². The van der Waals surface area contributed by atoms with Crippen molar-refractivity contribution in [2.75, 3.05) is 12.1 Å². The number of hydrogen-bond acceptors (Lipinski definition) is 7. The van der Waals surface area contributed by atoms with E-state index in [2.05, 4.69) is 10.3 Å². The number of ketones is 1. The molecule has 0 bridgehead atoms. The van der Waals surface area contributed by atoms with Crippen LogP contribution in [0, 0.1) is 0 Å². The van der Waals surface area contributed by atoms with Crippen LogP contribution in [0.4, 0.5) is 5.69 Å². The lowest BCUT2D eigenvalue weighted by Crippen LogP contribution is -2.28. The number of nitrogens with one attached hydrogen (secondary N) is 1. The number of fused-ring (bicyclic) bond motifs is 2. The van der Waals surface area contributed by atoms with Gasteiger partial charge in [-0.1, -0.05) is 6.92 Å². The number of hydrogen-bond donors (Lipinski definition) is 1. The Morgan fingerprint density at radius 2 is 2.00 bits per heavy atom. The van der Waals surface area contributed by atoms with Gasteiger partial charge in [0.05, 0.1) is 17.4 Å². The number of carbonyl (C=O) groups excluding carboxylic acids is 2. The van der Waals surface area contributed by atoms with Crippen molar-refractivity contribution in [2.24, 2.45) is 0 Å². The number of aromatic nitrogens is 2. The molecule has 4 rings (SSSR count). The molecule has 144 valence electrons. The SMILES string of the molecule is CCc1cc2c(=O)n(CC(=O)Nc3cc4c(cc3C(C)=O)OCO4)cnc2s1. The van der Waals surface area contributed by atoms with Gasteiger partial charge in [-0.15, -0.1) is 11.3 Å². The second kappa shape index (κ2) is 7.08. The molecule has 0 atom stereocenters. The van der Waals surface area contributed by atoms with Crippen molar-refractivity contribution in [3.05, 3.63) is 45.3 Å². The van der Waals surface area contributed by atoms with Crippen LogP contribution in [-0.2, 0) is 17.8 Å². The Bertz CT molecular complexity index is 1160. The fourth-order valence-electron chi connectivity index (χ4n) is 2.98. The Kier molecular flexibility index (Phi) is 4.60. The molecule has 3 heterocycles. The summed E-state index contributed by atoms with van der Waals surface area (Å²) in [5, 5.41) is 3.19. The first kappa shape index (κ1) is 18.2. The van der Waals surface area contributed by atoms with Crippen LogP contribution in [0.15, 0.2) is 29.3 Å². The minimum absolute atomic E-state index is 0.0611. The molecule has 0 saturated heterocycles. The van der Waals surface area contributed by atoms with Crippen molar-refractivity contribution < 1.29 is 19.1 Å². The number of aryl methyl sites for hydroxylation is 1. The van der Waals surface area contributed by atoms with Gasteiger partial charge in [0.25, 0.3) is 5.56 Å². The zero-order valence-electron chi connectivity index (χ0n) is 15.3. The Hall–Kier alpha value is -3.20. The number of Topliss-reactive ketones (excluding diaryl/α,β-unsaturated/α-hetero) is 1. The van der Waals surface area contributed by atoms with Crippen LogP contribution in [0.3, 0.4) is 0 Å². The summed E-state index contributed by atoms with van der Waals surface area (Å²) >= 11 is 1.47. The van der Waals surface area contributed by atoms with Crippen molar-refractivity contribution in [2.45, 2.75) is 26.8 Å². The third kappa shape index (κ3) is 3.24. The molecule has 8 nitrogen and oxygen atoms in total. The van der Waals surface area contributed by atoms with Gasteiger partial charge in [0.2, 0.25) is 12.7 Å². The molecule has 2 aromatic heterocycles. The Morgan fingerprint density at radius 3 is 2.71 bits per heavy atom. The number of amides is 1. The van der Waals surface area contributed by atoms with Crippen LogP contribution in [0.5, 0.6) is 11.5 Å². The number of thiophene rings is 1. The topological polar surface area (TPSA) is 99.5 Å². The van der Waals surface area contributed by atoms with E-state index in [-0.39, 0.29) is 24.7 Å². The lowest BCUT2D eigenvalue weighted by atomic mass is 10.1. The lowest BCUT2D eigenvalue weighted by molar-refractivity contribution is -0.116. The van der Waals surface area contributed by atoms with E-state index in [0.717, 1.165) is 11.3 Å². The summed E-state index contributed by atoms with van der Waals surface area (Å²) in [5.74, 6) is 0.235. The maximum absolute atomic E-state index is 12.6. The second-order valence-electron chi connectivity index (χ2n) is 6.32. The molecular weight excluding hydrogens is 382 g/mol. The van der Waals surface area contributed by atoms with E-state index >= 15 is 0 Å². The molecule has 0 fully saturated rings. The number of rotatable bonds is 5. The molecule has 1 aliphatic rings. The van der Waals surface area contributed by atoms with Crippen LogP contribution < -0.4 is 20.3 Å². The number of carbonyl (C=O) groups is 2. The van der Waals surface area contributed by atoms with Gasteiger partial charge in [0.1, 0.15) is 11.4 Å². The summed E-state index contributed by atoms with van der Waals surface area (Å²) in [6.07, 6.45) is 2.19. The minimum Gasteiger partial charge on any atom is -0.454 e. The first-order valence-electron chi connectivity index (χ1n) is 8.68. The van der Waals surface area contributed by atoms with Crippen molar-refractivity contribution in [3.63, 3.8) is 0 Å². The third-order valence-corrected chi connectivity index (χ3v) is 5.59. The van der Waals surface area contributed by atoms with Crippen LogP contribution in [-0.4, -0.2) is 28.0 Å². The highest BCUT2D eigenvalue weighted by molar-refractivity contribution is 7.18. The molecule has 0 unspecified atom stereocenters. The summed E-state index contributed by atoms with van der Waals surface area (Å²) in [7, 11) is 0. The zero-order valence-corrected chi connectivity index (χ0v) is 16.1. The number of benzene rings is 1. The van der Waals surface area contributed by atoms with Crippen LogP contribution >= 0.6 is 11.3 Å². The normalized spacial score (nSPS) is 12.4. The van der Waals surface area contributed by atoms with E-state index in [1.54, 1.807) is 6.07 Å². The Balaban J connectivity index is 1.60. The van der Waals surface area contributed by atoms with Crippen LogP contribution in [0.2, 0.25) is 0 Å². The molecule has 3 aromatic rings. The third-order valence-electron chi connectivity index (χ3n) is 4.40. The summed E-state index contributed by atoms with van der Waals surface area (Å²) in [4.78, 5) is 43.1. The van der Waals surface area contributed by atoms with Gasteiger partial charge in [-0.2, -0.15) is 0 Å². The molecule has 9 heteroatoms. The number of ether oxygens (including phenoxy) is 2. The molecule has 1 N–H and O–H groups in total. The van der Waals surface area contributed by atoms with E-state index < -0.39 is 5.91 Å². The first-order valence-corrected chi connectivity index (χ1v) is 9.50. The van der Waals surface area contributed by atoms with E-state index in [1.165, 1.54) is 35.2 Å². The fourth-order valence-corrected chi connectivity index (χ4v) is 3.90. The van der Waals surface area contributed by atoms with Gasteiger partial charge in [0.15, 0.2) is 17.3 Å². The van der Waals surface area contributed by atoms with E-state index in [9.17, 15) is 14.4 Å². The summed E-state index contributed by atoms with van der Waals surface area (Å²) in [6.45, 7) is 3.25. The Morgan fingerprint density at radius 1 is 1.25 bits per heavy atom. The molecular formula is C19H17N3O5S. The van der Waals surface area contributed by atoms with E-state index in [1.807, 2.05) is 13.0 Å². The van der Waals surface area contributed by atoms with Crippen LogP contribution in [0.25, 0.3) is 10.2 Å². The van der Waals surface area contributed by atoms with Crippen molar-refractivity contribution in [3.8, 4) is 11.5 Å². The molecule has 0 saturated carbocycles. The highest BCUT2D eigenvalue weighted by atomic mass is 32.1. The average molecular weight is 399 g/mol. The van der Waals surface area contributed by atoms with Crippen molar-refractivity contribution in [1.82, 2.24) is 9.55 Å². The predicted molar refractivity (Wildman–Crippen MR) is 104 cm³/mol. The maximum Gasteiger partial charge on any atom is 0.262 e. The Labute approximate surface area is 163 Å². The smallest absolute Gasteiger partial charge is 0.262 e. The van der Waals surface area contributed by atoms with Gasteiger partial charge in [-0.05, 0) is 25.5 Å². The zero-order chi connectivity index (χ0) is 19.8. The van der Waals surface area contributed by atoms with E-state index in [4.69, 9.17) is 9.47 Å². The van der Waals surface area contributed by atoms with Crippen molar-refractivity contribution in [1.29, 1.82) is 0 Å². The van der Waals surface area contributed by atoms with Crippen molar-refractivity contribution >= 4 is 38.9 Å². The van der Waals surface area contributed by atoms with Crippen LogP contribution in [0.1, 0.15) is 29.1 Å². The molecule has 0 aliphatic carbocycles. The molecule has 1 aliphatic heterocycles. The average Bonchev–Trinajstić information content (AvgIpc) is 3.29. The predicted octanol–water partition coefficient (Wildman–Crippen LogP) is 2.59. The lowest BCUT2D eigenvalue weighted by Gasteiger charge is -2.11. The maximum atomic E-state index is 12.6. The summed E-state index contributed by atoms with van der Waals surface area (Å²) in [5.41, 5.74) is 0.352. The molecule has 0 spiro atoms.